The van der Waals surface area contributed by atoms with Crippen molar-refractivity contribution in [2.75, 3.05) is 11.9 Å². The van der Waals surface area contributed by atoms with Crippen molar-refractivity contribution in [1.29, 1.82) is 0 Å². The van der Waals surface area contributed by atoms with Gasteiger partial charge in [0, 0.05) is 6.54 Å². The molecule has 1 aromatic carbocycles. The summed E-state index contributed by atoms with van der Waals surface area (Å²) in [6, 6.07) is 10.2. The summed E-state index contributed by atoms with van der Waals surface area (Å²) < 4.78 is 37.3. The predicted molar refractivity (Wildman–Crippen MR) is 72.9 cm³/mol. The number of alkyl halides is 3. The molecule has 1 aromatic heterocycles. The van der Waals surface area contributed by atoms with E-state index in [0.29, 0.717) is 34.8 Å². The van der Waals surface area contributed by atoms with Crippen molar-refractivity contribution in [3.8, 4) is 0 Å². The first-order chi connectivity index (χ1) is 9.54. The summed E-state index contributed by atoms with van der Waals surface area (Å²) in [7, 11) is 0. The smallest absolute Gasteiger partial charge is 0.361 e. The van der Waals surface area contributed by atoms with Crippen molar-refractivity contribution < 1.29 is 13.2 Å². The Morgan fingerprint density at radius 1 is 1.25 bits per heavy atom. The minimum Gasteiger partial charge on any atom is -0.361 e. The number of benzene rings is 1. The Balaban J connectivity index is 1.53. The molecule has 0 bridgehead atoms. The van der Waals surface area contributed by atoms with Crippen LogP contribution in [0, 0.1) is 5.92 Å². The first-order valence-corrected chi connectivity index (χ1v) is 7.17. The van der Waals surface area contributed by atoms with Gasteiger partial charge in [-0.1, -0.05) is 41.7 Å². The fraction of sp³-hybridized carbons (Fsp3) is 0.357. The molecule has 0 amide bonds. The second-order valence-electron chi connectivity index (χ2n) is 4.92. The Kier molecular flexibility index (Phi) is 3.41. The minimum atomic E-state index is -4.30. The monoisotopic (exact) mass is 298 g/mol. The lowest BCUT2D eigenvalue weighted by molar-refractivity contribution is -0.134. The lowest BCUT2D eigenvalue weighted by Crippen LogP contribution is -2.04. The number of thiazole rings is 1. The van der Waals surface area contributed by atoms with Crippen molar-refractivity contribution in [1.82, 2.24) is 4.98 Å². The van der Waals surface area contributed by atoms with Crippen LogP contribution >= 0.6 is 11.3 Å². The third-order valence-corrected chi connectivity index (χ3v) is 4.45. The van der Waals surface area contributed by atoms with Gasteiger partial charge in [0.2, 0.25) is 0 Å². The molecule has 1 heterocycles. The van der Waals surface area contributed by atoms with Crippen molar-refractivity contribution >= 4 is 16.5 Å². The number of hydrogen-bond acceptors (Lipinski definition) is 3. The van der Waals surface area contributed by atoms with E-state index in [-0.39, 0.29) is 0 Å². The molecule has 0 spiro atoms. The van der Waals surface area contributed by atoms with Crippen LogP contribution in [-0.2, 0) is 6.18 Å². The fourth-order valence-corrected chi connectivity index (χ4v) is 2.98. The molecule has 0 radical (unpaired) electrons. The van der Waals surface area contributed by atoms with Crippen molar-refractivity contribution in [2.24, 2.45) is 5.92 Å². The Morgan fingerprint density at radius 3 is 2.65 bits per heavy atom. The van der Waals surface area contributed by atoms with Crippen LogP contribution < -0.4 is 5.32 Å². The van der Waals surface area contributed by atoms with Gasteiger partial charge in [0.1, 0.15) is 4.88 Å². The highest BCUT2D eigenvalue weighted by Gasteiger charge is 2.38. The fourth-order valence-electron chi connectivity index (χ4n) is 2.29. The van der Waals surface area contributed by atoms with Gasteiger partial charge in [-0.05, 0) is 23.8 Å². The van der Waals surface area contributed by atoms with Crippen LogP contribution in [0.2, 0.25) is 0 Å². The van der Waals surface area contributed by atoms with Crippen LogP contribution in [0.1, 0.15) is 22.8 Å². The maximum Gasteiger partial charge on any atom is 0.427 e. The molecule has 1 fully saturated rings. The summed E-state index contributed by atoms with van der Waals surface area (Å²) in [6.45, 7) is 0.671. The highest BCUT2D eigenvalue weighted by atomic mass is 32.1. The maximum absolute atomic E-state index is 12.4. The maximum atomic E-state index is 12.4. The predicted octanol–water partition coefficient (Wildman–Crippen LogP) is 4.38. The summed E-state index contributed by atoms with van der Waals surface area (Å²) in [5, 5.41) is 3.35. The summed E-state index contributed by atoms with van der Waals surface area (Å²) in [4.78, 5) is 3.11. The van der Waals surface area contributed by atoms with Gasteiger partial charge in [0.25, 0.3) is 0 Å². The molecule has 20 heavy (non-hydrogen) atoms. The molecule has 2 unspecified atom stereocenters. The van der Waals surface area contributed by atoms with E-state index >= 15 is 0 Å². The molecule has 0 aliphatic heterocycles. The van der Waals surface area contributed by atoms with Gasteiger partial charge in [-0.2, -0.15) is 13.2 Å². The SMILES string of the molecule is FC(F)(F)c1cnc(NCC2CC2c2ccccc2)s1. The van der Waals surface area contributed by atoms with E-state index in [2.05, 4.69) is 22.4 Å². The molecule has 3 rings (SSSR count). The zero-order valence-electron chi connectivity index (χ0n) is 10.5. The number of hydrogen-bond donors (Lipinski definition) is 1. The molecule has 1 N–H and O–H groups in total. The van der Waals surface area contributed by atoms with Crippen LogP contribution in [0.15, 0.2) is 36.5 Å². The van der Waals surface area contributed by atoms with E-state index in [4.69, 9.17) is 0 Å². The van der Waals surface area contributed by atoms with Crippen LogP contribution in [0.5, 0.6) is 0 Å². The van der Waals surface area contributed by atoms with E-state index < -0.39 is 11.1 Å². The third kappa shape index (κ3) is 2.95. The normalized spacial score (nSPS) is 21.8. The molecule has 106 valence electrons. The van der Waals surface area contributed by atoms with Crippen LogP contribution in [-0.4, -0.2) is 11.5 Å². The third-order valence-electron chi connectivity index (χ3n) is 3.45. The average molecular weight is 298 g/mol. The first-order valence-electron chi connectivity index (χ1n) is 6.36. The zero-order valence-corrected chi connectivity index (χ0v) is 11.3. The summed E-state index contributed by atoms with van der Waals surface area (Å²) in [6.07, 6.45) is -2.34. The molecule has 0 saturated heterocycles. The van der Waals surface area contributed by atoms with Gasteiger partial charge in [-0.3, -0.25) is 0 Å². The van der Waals surface area contributed by atoms with Gasteiger partial charge >= 0.3 is 6.18 Å². The van der Waals surface area contributed by atoms with E-state index in [9.17, 15) is 13.2 Å². The Morgan fingerprint density at radius 2 is 2.00 bits per heavy atom. The number of rotatable bonds is 4. The van der Waals surface area contributed by atoms with Crippen LogP contribution in [0.4, 0.5) is 18.3 Å². The van der Waals surface area contributed by atoms with Crippen molar-refractivity contribution in [3.05, 3.63) is 47.0 Å². The Bertz CT molecular complexity index is 580. The summed E-state index contributed by atoms with van der Waals surface area (Å²) in [5.41, 5.74) is 1.30. The zero-order chi connectivity index (χ0) is 14.2. The van der Waals surface area contributed by atoms with Gasteiger partial charge < -0.3 is 5.32 Å². The van der Waals surface area contributed by atoms with E-state index in [1.54, 1.807) is 0 Å². The average Bonchev–Trinajstić information content (AvgIpc) is 3.03. The molecule has 1 aliphatic carbocycles. The first kappa shape index (κ1) is 13.4. The van der Waals surface area contributed by atoms with Crippen molar-refractivity contribution in [3.63, 3.8) is 0 Å². The Labute approximate surface area is 118 Å². The van der Waals surface area contributed by atoms with E-state index in [1.165, 1.54) is 5.56 Å². The number of nitrogens with zero attached hydrogens (tertiary/aromatic N) is 1. The second kappa shape index (κ2) is 5.09. The topological polar surface area (TPSA) is 24.9 Å². The van der Waals surface area contributed by atoms with Crippen LogP contribution in [0.25, 0.3) is 0 Å². The molecule has 1 aliphatic rings. The van der Waals surface area contributed by atoms with E-state index in [0.717, 1.165) is 12.6 Å². The molecule has 2 nitrogen and oxygen atoms in total. The van der Waals surface area contributed by atoms with Gasteiger partial charge in [-0.25, -0.2) is 4.98 Å². The molecule has 6 heteroatoms. The molecule has 2 aromatic rings. The second-order valence-corrected chi connectivity index (χ2v) is 5.95. The molecular weight excluding hydrogens is 285 g/mol. The van der Waals surface area contributed by atoms with Crippen LogP contribution in [0.3, 0.4) is 0 Å². The molecular formula is C14H13F3N2S. The minimum absolute atomic E-state index is 0.344. The number of aromatic nitrogens is 1. The number of anilines is 1. The summed E-state index contributed by atoms with van der Waals surface area (Å²) in [5.74, 6) is 1.00. The van der Waals surface area contributed by atoms with E-state index in [1.807, 2.05) is 18.2 Å². The Hall–Kier alpha value is -1.56. The largest absolute Gasteiger partial charge is 0.427 e. The quantitative estimate of drug-likeness (QED) is 0.906. The van der Waals surface area contributed by atoms with Gasteiger partial charge in [0.05, 0.1) is 6.20 Å². The van der Waals surface area contributed by atoms with Gasteiger partial charge in [0.15, 0.2) is 5.13 Å². The van der Waals surface area contributed by atoms with Crippen molar-refractivity contribution in [2.45, 2.75) is 18.5 Å². The number of halogens is 3. The number of nitrogens with one attached hydrogen (secondary N) is 1. The highest BCUT2D eigenvalue weighted by Crippen LogP contribution is 2.47. The lowest BCUT2D eigenvalue weighted by Gasteiger charge is -2.03. The molecule has 1 saturated carbocycles. The molecule has 2 atom stereocenters. The highest BCUT2D eigenvalue weighted by molar-refractivity contribution is 7.15. The summed E-state index contributed by atoms with van der Waals surface area (Å²) >= 11 is 0.659. The van der Waals surface area contributed by atoms with Gasteiger partial charge in [-0.15, -0.1) is 0 Å². The lowest BCUT2D eigenvalue weighted by atomic mass is 10.1. The standard InChI is InChI=1S/C14H13F3N2S/c15-14(16,17)12-8-19-13(20-12)18-7-10-6-11(10)9-4-2-1-3-5-9/h1-5,8,10-11H,6-7H2,(H,18,19).